The number of Topliss-reactive ketones (excluding diaryl/α,β-unsaturated/α-hetero) is 1. The van der Waals surface area contributed by atoms with Crippen LogP contribution in [0.25, 0.3) is 0 Å². The van der Waals surface area contributed by atoms with Gasteiger partial charge in [-0.3, -0.25) is 9.78 Å². The number of methoxy groups -OCH3 is 1. The molecule has 31 heavy (non-hydrogen) atoms. The molecule has 4 rings (SSSR count). The molecule has 0 amide bonds. The molecule has 2 aromatic rings. The van der Waals surface area contributed by atoms with Gasteiger partial charge in [0.05, 0.1) is 16.4 Å². The average molecular weight is 470 g/mol. The molecule has 0 spiro atoms. The van der Waals surface area contributed by atoms with Crippen LogP contribution in [0, 0.1) is 17.6 Å². The van der Waals surface area contributed by atoms with Gasteiger partial charge in [-0.2, -0.15) is 0 Å². The Balaban J connectivity index is 1.73. The van der Waals surface area contributed by atoms with Crippen LogP contribution in [0.2, 0.25) is 5.02 Å². The number of carbonyl (C=O) groups excluding carboxylic acids is 1. The zero-order valence-electron chi connectivity index (χ0n) is 16.5. The molecule has 1 aliphatic carbocycles. The van der Waals surface area contributed by atoms with Crippen molar-refractivity contribution in [1.82, 2.24) is 4.98 Å². The molecule has 0 saturated heterocycles. The second-order valence-electron chi connectivity index (χ2n) is 7.77. The lowest BCUT2D eigenvalue weighted by Crippen LogP contribution is -2.41. The van der Waals surface area contributed by atoms with Gasteiger partial charge in [-0.25, -0.2) is 18.2 Å². The summed E-state index contributed by atoms with van der Waals surface area (Å²) in [5.74, 6) is -3.20. The summed E-state index contributed by atoms with van der Waals surface area (Å²) in [5.41, 5.74) is 4.36. The van der Waals surface area contributed by atoms with Crippen molar-refractivity contribution in [3.05, 3.63) is 63.9 Å². The number of pyridine rings is 1. The Hall–Kier alpha value is -2.10. The third kappa shape index (κ3) is 3.83. The van der Waals surface area contributed by atoms with Crippen molar-refractivity contribution in [3.8, 4) is 0 Å². The highest BCUT2D eigenvalue weighted by atomic mass is 35.5. The number of alkyl halides is 1. The third-order valence-corrected chi connectivity index (χ3v) is 7.24. The van der Waals surface area contributed by atoms with Gasteiger partial charge in [0.2, 0.25) is 0 Å². The highest BCUT2D eigenvalue weighted by Crippen LogP contribution is 2.66. The SMILES string of the molecule is COC[C@]12C[C@H]1[C@@](CF)(c1cc(CC(=O)c3ccc(Cl)cn3)cc(F)c1F)N=C(N)S2. The molecule has 1 aromatic heterocycles. The maximum absolute atomic E-state index is 14.9. The highest BCUT2D eigenvalue weighted by Gasteiger charge is 2.68. The second kappa shape index (κ2) is 8.11. The standard InChI is InChI=1S/C21H19ClF3N3O2S/c1-30-10-20-7-17(20)21(9-23,28-19(26)31-20)13-4-11(5-14(24)18(13)25)6-16(29)15-3-2-12(22)8-27-15/h2-5,8,17H,6-7,9-10H2,1H3,(H2,26,28)/t17-,20-,21-/m1/s1. The van der Waals surface area contributed by atoms with Crippen LogP contribution >= 0.6 is 23.4 Å². The summed E-state index contributed by atoms with van der Waals surface area (Å²) in [6, 6.07) is 5.18. The number of nitrogens with zero attached hydrogens (tertiary/aromatic N) is 2. The number of nitrogens with two attached hydrogens (primary N) is 1. The Bertz CT molecular complexity index is 1070. The maximum atomic E-state index is 14.9. The number of rotatable bonds is 7. The molecular weight excluding hydrogens is 451 g/mol. The number of hydrogen-bond acceptors (Lipinski definition) is 6. The van der Waals surface area contributed by atoms with Crippen molar-refractivity contribution in [2.45, 2.75) is 23.1 Å². The Kier molecular flexibility index (Phi) is 5.78. The zero-order chi connectivity index (χ0) is 22.4. The minimum Gasteiger partial charge on any atom is -0.383 e. The van der Waals surface area contributed by atoms with Crippen LogP contribution in [-0.4, -0.2) is 41.1 Å². The number of aliphatic imine (C=N–C) groups is 1. The van der Waals surface area contributed by atoms with Crippen molar-refractivity contribution in [2.24, 2.45) is 16.6 Å². The molecule has 2 heterocycles. The molecule has 1 fully saturated rings. The summed E-state index contributed by atoms with van der Waals surface area (Å²) in [5, 5.41) is 0.459. The van der Waals surface area contributed by atoms with E-state index in [0.717, 1.165) is 6.07 Å². The molecule has 3 atom stereocenters. The molecule has 2 N–H and O–H groups in total. The molecule has 2 aliphatic rings. The summed E-state index contributed by atoms with van der Waals surface area (Å²) in [4.78, 5) is 20.8. The number of ether oxygens (including phenoxy) is 1. The Labute approximate surface area is 186 Å². The minimum absolute atomic E-state index is 0.0927. The van der Waals surface area contributed by atoms with Crippen LogP contribution in [0.5, 0.6) is 0 Å². The van der Waals surface area contributed by atoms with E-state index in [-0.39, 0.29) is 35.0 Å². The largest absolute Gasteiger partial charge is 0.383 e. The van der Waals surface area contributed by atoms with Crippen molar-refractivity contribution < 1.29 is 22.7 Å². The van der Waals surface area contributed by atoms with Gasteiger partial charge in [0.1, 0.15) is 17.9 Å². The average Bonchev–Trinajstić information content (AvgIpc) is 3.44. The predicted octanol–water partition coefficient (Wildman–Crippen LogP) is 4.07. The van der Waals surface area contributed by atoms with E-state index >= 15 is 0 Å². The van der Waals surface area contributed by atoms with Gasteiger partial charge in [0, 0.05) is 31.2 Å². The lowest BCUT2D eigenvalue weighted by Gasteiger charge is -2.35. The Morgan fingerprint density at radius 2 is 2.16 bits per heavy atom. The number of benzene rings is 1. The van der Waals surface area contributed by atoms with Gasteiger partial charge < -0.3 is 10.5 Å². The van der Waals surface area contributed by atoms with Crippen LogP contribution in [0.3, 0.4) is 0 Å². The van der Waals surface area contributed by atoms with Crippen molar-refractivity contribution >= 4 is 34.3 Å². The molecule has 1 aromatic carbocycles. The summed E-state index contributed by atoms with van der Waals surface area (Å²) >= 11 is 7.05. The number of ketones is 1. The van der Waals surface area contributed by atoms with Crippen molar-refractivity contribution in [1.29, 1.82) is 0 Å². The zero-order valence-corrected chi connectivity index (χ0v) is 18.1. The van der Waals surface area contributed by atoms with E-state index in [9.17, 15) is 18.0 Å². The maximum Gasteiger partial charge on any atom is 0.185 e. The second-order valence-corrected chi connectivity index (χ2v) is 9.64. The molecule has 1 saturated carbocycles. The van der Waals surface area contributed by atoms with Crippen LogP contribution < -0.4 is 5.73 Å². The number of halogens is 4. The van der Waals surface area contributed by atoms with Gasteiger partial charge in [-0.1, -0.05) is 23.4 Å². The molecule has 10 heteroatoms. The van der Waals surface area contributed by atoms with Gasteiger partial charge >= 0.3 is 0 Å². The van der Waals surface area contributed by atoms with E-state index in [2.05, 4.69) is 9.98 Å². The first-order chi connectivity index (χ1) is 14.7. The van der Waals surface area contributed by atoms with Crippen LogP contribution in [0.1, 0.15) is 28.0 Å². The number of amidine groups is 1. The Morgan fingerprint density at radius 3 is 2.81 bits per heavy atom. The van der Waals surface area contributed by atoms with Crippen molar-refractivity contribution in [3.63, 3.8) is 0 Å². The summed E-state index contributed by atoms with van der Waals surface area (Å²) in [7, 11) is 1.51. The van der Waals surface area contributed by atoms with E-state index in [4.69, 9.17) is 22.1 Å². The van der Waals surface area contributed by atoms with Gasteiger partial charge in [0.15, 0.2) is 22.6 Å². The summed E-state index contributed by atoms with van der Waals surface area (Å²) in [6.07, 6.45) is 1.57. The van der Waals surface area contributed by atoms with Crippen molar-refractivity contribution in [2.75, 3.05) is 20.4 Å². The predicted molar refractivity (Wildman–Crippen MR) is 113 cm³/mol. The van der Waals surface area contributed by atoms with Crippen LogP contribution in [0.15, 0.2) is 35.5 Å². The fourth-order valence-electron chi connectivity index (χ4n) is 4.26. The molecule has 5 nitrogen and oxygen atoms in total. The molecular formula is C21H19ClF3N3O2S. The van der Waals surface area contributed by atoms with E-state index in [1.54, 1.807) is 0 Å². The van der Waals surface area contributed by atoms with E-state index in [1.807, 2.05) is 0 Å². The molecule has 1 aliphatic heterocycles. The van der Waals surface area contributed by atoms with Crippen LogP contribution in [-0.2, 0) is 16.7 Å². The lowest BCUT2D eigenvalue weighted by atomic mass is 9.83. The quantitative estimate of drug-likeness (QED) is 0.618. The normalized spacial score (nSPS) is 26.9. The van der Waals surface area contributed by atoms with Gasteiger partial charge in [-0.05, 0) is 36.2 Å². The number of fused-ring (bicyclic) bond motifs is 1. The fourth-order valence-corrected chi connectivity index (χ4v) is 5.77. The molecule has 0 bridgehead atoms. The van der Waals surface area contributed by atoms with E-state index < -0.39 is 40.3 Å². The van der Waals surface area contributed by atoms with E-state index in [1.165, 1.54) is 43.3 Å². The highest BCUT2D eigenvalue weighted by molar-refractivity contribution is 8.15. The smallest absolute Gasteiger partial charge is 0.185 e. The molecule has 164 valence electrons. The van der Waals surface area contributed by atoms with Crippen LogP contribution in [0.4, 0.5) is 13.2 Å². The lowest BCUT2D eigenvalue weighted by molar-refractivity contribution is 0.0988. The summed E-state index contributed by atoms with van der Waals surface area (Å²) in [6.45, 7) is -0.776. The van der Waals surface area contributed by atoms with Gasteiger partial charge in [-0.15, -0.1) is 0 Å². The first kappa shape index (κ1) is 22.1. The first-order valence-electron chi connectivity index (χ1n) is 9.47. The van der Waals surface area contributed by atoms with E-state index in [0.29, 0.717) is 11.4 Å². The molecule has 0 unspecified atom stereocenters. The summed E-state index contributed by atoms with van der Waals surface area (Å²) < 4.78 is 48.7. The van der Waals surface area contributed by atoms with Gasteiger partial charge in [0.25, 0.3) is 0 Å². The molecule has 0 radical (unpaired) electrons. The fraction of sp³-hybridized carbons (Fsp3) is 0.381. The number of hydrogen-bond donors (Lipinski definition) is 1. The third-order valence-electron chi connectivity index (χ3n) is 5.74. The Morgan fingerprint density at radius 1 is 1.39 bits per heavy atom. The topological polar surface area (TPSA) is 77.6 Å². The first-order valence-corrected chi connectivity index (χ1v) is 10.7. The monoisotopic (exact) mass is 469 g/mol. The number of aromatic nitrogens is 1. The number of thioether (sulfide) groups is 1. The minimum atomic E-state index is -1.67. The number of carbonyl (C=O) groups is 1.